The summed E-state index contributed by atoms with van der Waals surface area (Å²) in [4.78, 5) is 0. The lowest BCUT2D eigenvalue weighted by Crippen LogP contribution is -2.23. The van der Waals surface area contributed by atoms with Crippen molar-refractivity contribution in [3.63, 3.8) is 0 Å². The van der Waals surface area contributed by atoms with Crippen LogP contribution in [0.4, 0.5) is 13.2 Å². The van der Waals surface area contributed by atoms with E-state index in [1.807, 2.05) is 13.0 Å². The van der Waals surface area contributed by atoms with Crippen LogP contribution in [0.1, 0.15) is 93.2 Å². The largest absolute Gasteiger partial charge is 0.489 e. The molecule has 0 spiro atoms. The van der Waals surface area contributed by atoms with Crippen molar-refractivity contribution in [3.8, 4) is 5.75 Å². The Hall–Kier alpha value is -2.27. The van der Waals surface area contributed by atoms with Gasteiger partial charge in [0.05, 0.1) is 6.10 Å². The van der Waals surface area contributed by atoms with Crippen molar-refractivity contribution in [2.75, 3.05) is 6.61 Å². The molecular weight excluding hydrogens is 461 g/mol. The zero-order valence-electron chi connectivity index (χ0n) is 21.3. The molecule has 0 amide bonds. The first-order valence-corrected chi connectivity index (χ1v) is 13.5. The Morgan fingerprint density at radius 3 is 2.03 bits per heavy atom. The monoisotopic (exact) mass is 500 g/mol. The number of aliphatic hydroxyl groups excluding tert-OH is 1. The van der Waals surface area contributed by atoms with Gasteiger partial charge in [0, 0.05) is 6.07 Å². The highest BCUT2D eigenvalue weighted by Gasteiger charge is 2.30. The van der Waals surface area contributed by atoms with Gasteiger partial charge in [0.15, 0.2) is 11.6 Å². The van der Waals surface area contributed by atoms with Crippen LogP contribution in [0.25, 0.3) is 0 Å². The molecule has 0 radical (unpaired) electrons. The van der Waals surface area contributed by atoms with Crippen LogP contribution >= 0.6 is 0 Å². The summed E-state index contributed by atoms with van der Waals surface area (Å²) in [5, 5.41) is 9.81. The molecule has 1 N–H and O–H groups in total. The van der Waals surface area contributed by atoms with Crippen LogP contribution in [-0.4, -0.2) is 17.8 Å². The number of hydrogen-bond acceptors (Lipinski definition) is 2. The lowest BCUT2D eigenvalue weighted by molar-refractivity contribution is 0.0963. The van der Waals surface area contributed by atoms with Crippen molar-refractivity contribution >= 4 is 0 Å². The topological polar surface area (TPSA) is 29.5 Å². The maximum Gasteiger partial charge on any atom is 0.162 e. The highest BCUT2D eigenvalue weighted by atomic mass is 19.2. The van der Waals surface area contributed by atoms with Crippen molar-refractivity contribution in [1.29, 1.82) is 0 Å². The van der Waals surface area contributed by atoms with E-state index in [-0.39, 0.29) is 29.7 Å². The van der Waals surface area contributed by atoms with E-state index in [2.05, 4.69) is 6.58 Å². The Labute approximate surface area is 213 Å². The van der Waals surface area contributed by atoms with Crippen molar-refractivity contribution in [1.82, 2.24) is 0 Å². The number of aryl methyl sites for hydroxylation is 1. The van der Waals surface area contributed by atoms with Gasteiger partial charge in [0.2, 0.25) is 0 Å². The van der Waals surface area contributed by atoms with E-state index in [0.717, 1.165) is 57.8 Å². The molecule has 5 heteroatoms. The van der Waals surface area contributed by atoms with E-state index in [9.17, 15) is 9.50 Å². The van der Waals surface area contributed by atoms with Crippen LogP contribution in [-0.2, 0) is 6.42 Å². The SMILES string of the molecule is C=CCOc1ccc(CCC2CCC(c3ccc(C4CCC(C(C)O)CC4)c(F)c3F)CC2)c(F)c1. The molecule has 2 aromatic carbocycles. The summed E-state index contributed by atoms with van der Waals surface area (Å²) in [6, 6.07) is 8.62. The molecule has 1 atom stereocenters. The summed E-state index contributed by atoms with van der Waals surface area (Å²) in [5.41, 5.74) is 1.69. The smallest absolute Gasteiger partial charge is 0.162 e. The number of rotatable bonds is 9. The van der Waals surface area contributed by atoms with E-state index in [0.29, 0.717) is 41.4 Å². The first-order valence-electron chi connectivity index (χ1n) is 13.5. The average molecular weight is 501 g/mol. The van der Waals surface area contributed by atoms with Crippen LogP contribution in [0.2, 0.25) is 0 Å². The summed E-state index contributed by atoms with van der Waals surface area (Å²) >= 11 is 0. The minimum Gasteiger partial charge on any atom is -0.489 e. The second-order valence-electron chi connectivity index (χ2n) is 10.8. The van der Waals surface area contributed by atoms with Crippen molar-refractivity contribution in [2.24, 2.45) is 11.8 Å². The van der Waals surface area contributed by atoms with Crippen LogP contribution in [0, 0.1) is 29.3 Å². The second-order valence-corrected chi connectivity index (χ2v) is 10.8. The second kappa shape index (κ2) is 12.3. The highest BCUT2D eigenvalue weighted by molar-refractivity contribution is 5.32. The Balaban J connectivity index is 1.30. The number of ether oxygens (including phenoxy) is 1. The molecule has 36 heavy (non-hydrogen) atoms. The normalized spacial score (nSPS) is 25.4. The maximum absolute atomic E-state index is 15.2. The van der Waals surface area contributed by atoms with Crippen molar-refractivity contribution < 1.29 is 23.0 Å². The van der Waals surface area contributed by atoms with Gasteiger partial charge in [0.1, 0.15) is 18.2 Å². The molecule has 0 bridgehead atoms. The molecule has 0 heterocycles. The van der Waals surface area contributed by atoms with Gasteiger partial charge in [-0.25, -0.2) is 13.2 Å². The molecular formula is C31H39F3O2. The van der Waals surface area contributed by atoms with Gasteiger partial charge in [-0.2, -0.15) is 0 Å². The zero-order valence-corrected chi connectivity index (χ0v) is 21.3. The third-order valence-corrected chi connectivity index (χ3v) is 8.54. The predicted molar refractivity (Wildman–Crippen MR) is 138 cm³/mol. The molecule has 0 saturated heterocycles. The van der Waals surface area contributed by atoms with E-state index in [1.165, 1.54) is 6.07 Å². The van der Waals surface area contributed by atoms with Gasteiger partial charge in [-0.15, -0.1) is 0 Å². The zero-order chi connectivity index (χ0) is 25.7. The predicted octanol–water partition coefficient (Wildman–Crippen LogP) is 8.23. The van der Waals surface area contributed by atoms with Gasteiger partial charge in [-0.1, -0.05) is 30.9 Å². The first-order chi connectivity index (χ1) is 17.4. The molecule has 2 aliphatic rings. The summed E-state index contributed by atoms with van der Waals surface area (Å²) in [6.07, 6.45) is 9.68. The van der Waals surface area contributed by atoms with Gasteiger partial charge >= 0.3 is 0 Å². The minimum atomic E-state index is -0.675. The summed E-state index contributed by atoms with van der Waals surface area (Å²) in [5.74, 6) is -0.298. The number of aliphatic hydroxyl groups is 1. The van der Waals surface area contributed by atoms with Crippen LogP contribution < -0.4 is 4.74 Å². The Morgan fingerprint density at radius 2 is 1.50 bits per heavy atom. The molecule has 4 rings (SSSR count). The minimum absolute atomic E-state index is 0.0299. The van der Waals surface area contributed by atoms with E-state index >= 15 is 8.78 Å². The fourth-order valence-electron chi connectivity index (χ4n) is 6.22. The third-order valence-electron chi connectivity index (χ3n) is 8.54. The number of halogens is 3. The molecule has 0 aliphatic heterocycles. The van der Waals surface area contributed by atoms with E-state index < -0.39 is 11.6 Å². The number of hydrogen-bond donors (Lipinski definition) is 1. The summed E-state index contributed by atoms with van der Waals surface area (Å²) in [7, 11) is 0. The van der Waals surface area contributed by atoms with Gasteiger partial charge in [-0.3, -0.25) is 0 Å². The molecule has 2 nitrogen and oxygen atoms in total. The molecule has 2 saturated carbocycles. The molecule has 2 aromatic rings. The molecule has 1 unspecified atom stereocenters. The maximum atomic E-state index is 15.2. The van der Waals surface area contributed by atoms with Gasteiger partial charge in [-0.05, 0) is 118 Å². The van der Waals surface area contributed by atoms with Crippen molar-refractivity contribution in [3.05, 3.63) is 77.1 Å². The lowest BCUT2D eigenvalue weighted by Gasteiger charge is -2.32. The molecule has 0 aromatic heterocycles. The first kappa shape index (κ1) is 26.8. The standard InChI is InChI=1S/C31H39F3O2/c1-3-18-36-26-15-14-25(29(32)19-26)9-6-21-4-7-23(8-5-21)27-16-17-28(31(34)30(27)33)24-12-10-22(11-13-24)20(2)35/h3,14-17,19-24,35H,1,4-13,18H2,2H3. The third kappa shape index (κ3) is 6.34. The fourth-order valence-corrected chi connectivity index (χ4v) is 6.22. The quantitative estimate of drug-likeness (QED) is 0.351. The van der Waals surface area contributed by atoms with Gasteiger partial charge < -0.3 is 9.84 Å². The molecule has 2 aliphatic carbocycles. The van der Waals surface area contributed by atoms with Crippen LogP contribution in [0.5, 0.6) is 5.75 Å². The summed E-state index contributed by atoms with van der Waals surface area (Å²) < 4.78 is 50.1. The fraction of sp³-hybridized carbons (Fsp3) is 0.548. The molecule has 196 valence electrons. The van der Waals surface area contributed by atoms with Crippen LogP contribution in [0.15, 0.2) is 43.0 Å². The lowest BCUT2D eigenvalue weighted by atomic mass is 9.74. The number of benzene rings is 2. The summed E-state index contributed by atoms with van der Waals surface area (Å²) in [6.45, 7) is 5.75. The Kier molecular flexibility index (Phi) is 9.16. The average Bonchev–Trinajstić information content (AvgIpc) is 2.89. The Bertz CT molecular complexity index is 1020. The van der Waals surface area contributed by atoms with Gasteiger partial charge in [0.25, 0.3) is 0 Å². The van der Waals surface area contributed by atoms with Crippen LogP contribution in [0.3, 0.4) is 0 Å². The van der Waals surface area contributed by atoms with E-state index in [1.54, 1.807) is 24.3 Å². The Morgan fingerprint density at radius 1 is 0.917 bits per heavy atom. The van der Waals surface area contributed by atoms with E-state index in [4.69, 9.17) is 4.74 Å². The molecule has 2 fully saturated rings. The van der Waals surface area contributed by atoms with Crippen molar-refractivity contribution in [2.45, 2.75) is 89.1 Å². The highest BCUT2D eigenvalue weighted by Crippen LogP contribution is 2.42.